The normalized spacial score (nSPS) is 19.2. The van der Waals surface area contributed by atoms with Crippen molar-refractivity contribution < 1.29 is 20.1 Å². The molecule has 2 rings (SSSR count). The number of benzene rings is 1. The Kier molecular flexibility index (Phi) is 3.72. The van der Waals surface area contributed by atoms with Crippen LogP contribution < -0.4 is 0 Å². The molecule has 0 bridgehead atoms. The largest absolute Gasteiger partial charge is 0.508 e. The first-order chi connectivity index (χ1) is 8.60. The molecule has 1 fully saturated rings. The molecule has 1 aromatic rings. The molecule has 1 aliphatic rings. The van der Waals surface area contributed by atoms with E-state index in [4.69, 9.17) is 5.11 Å². The van der Waals surface area contributed by atoms with Crippen LogP contribution >= 0.6 is 0 Å². The SMILES string of the molecule is O=C(c1cc(O)cc(O)c1)N1CCC(CCO)C1. The van der Waals surface area contributed by atoms with Crippen molar-refractivity contribution in [3.05, 3.63) is 23.8 Å². The Labute approximate surface area is 105 Å². The molecule has 18 heavy (non-hydrogen) atoms. The van der Waals surface area contributed by atoms with E-state index in [2.05, 4.69) is 0 Å². The lowest BCUT2D eigenvalue weighted by Gasteiger charge is -2.16. The molecule has 1 atom stereocenters. The highest BCUT2D eigenvalue weighted by molar-refractivity contribution is 5.95. The molecular weight excluding hydrogens is 234 g/mol. The number of carbonyl (C=O) groups excluding carboxylic acids is 1. The molecule has 1 heterocycles. The molecule has 0 saturated carbocycles. The van der Waals surface area contributed by atoms with Crippen LogP contribution in [0.3, 0.4) is 0 Å². The van der Waals surface area contributed by atoms with Crippen molar-refractivity contribution in [2.24, 2.45) is 5.92 Å². The first kappa shape index (κ1) is 12.7. The zero-order valence-electron chi connectivity index (χ0n) is 10.0. The summed E-state index contributed by atoms with van der Waals surface area (Å²) < 4.78 is 0. The molecule has 0 aromatic heterocycles. The van der Waals surface area contributed by atoms with Gasteiger partial charge in [0.1, 0.15) is 11.5 Å². The average molecular weight is 251 g/mol. The van der Waals surface area contributed by atoms with E-state index in [0.717, 1.165) is 6.42 Å². The van der Waals surface area contributed by atoms with Crippen molar-refractivity contribution in [1.29, 1.82) is 0 Å². The molecule has 5 nitrogen and oxygen atoms in total. The van der Waals surface area contributed by atoms with E-state index in [0.29, 0.717) is 25.4 Å². The molecule has 1 aliphatic heterocycles. The molecule has 0 radical (unpaired) electrons. The van der Waals surface area contributed by atoms with Gasteiger partial charge in [0.05, 0.1) is 0 Å². The minimum absolute atomic E-state index is 0.121. The van der Waals surface area contributed by atoms with Crippen molar-refractivity contribution in [2.75, 3.05) is 19.7 Å². The maximum atomic E-state index is 12.1. The van der Waals surface area contributed by atoms with E-state index < -0.39 is 0 Å². The van der Waals surface area contributed by atoms with E-state index >= 15 is 0 Å². The van der Waals surface area contributed by atoms with Crippen molar-refractivity contribution >= 4 is 5.91 Å². The van der Waals surface area contributed by atoms with Gasteiger partial charge in [-0.1, -0.05) is 0 Å². The third-order valence-corrected chi connectivity index (χ3v) is 3.26. The number of aliphatic hydroxyl groups excluding tert-OH is 1. The topological polar surface area (TPSA) is 81.0 Å². The number of carbonyl (C=O) groups is 1. The number of aliphatic hydroxyl groups is 1. The van der Waals surface area contributed by atoms with E-state index in [1.54, 1.807) is 4.90 Å². The maximum absolute atomic E-state index is 12.1. The molecule has 0 aliphatic carbocycles. The number of likely N-dealkylation sites (tertiary alicyclic amines) is 1. The highest BCUT2D eigenvalue weighted by Gasteiger charge is 2.26. The van der Waals surface area contributed by atoms with Gasteiger partial charge < -0.3 is 20.2 Å². The van der Waals surface area contributed by atoms with Gasteiger partial charge in [-0.15, -0.1) is 0 Å². The summed E-state index contributed by atoms with van der Waals surface area (Å²) in [4.78, 5) is 13.8. The molecule has 1 aromatic carbocycles. The van der Waals surface area contributed by atoms with Crippen LogP contribution in [0.1, 0.15) is 23.2 Å². The van der Waals surface area contributed by atoms with Crippen LogP contribution in [0.4, 0.5) is 0 Å². The molecule has 1 amide bonds. The second kappa shape index (κ2) is 5.27. The second-order valence-electron chi connectivity index (χ2n) is 4.66. The molecular formula is C13H17NO4. The van der Waals surface area contributed by atoms with Gasteiger partial charge in [0.15, 0.2) is 0 Å². The summed E-state index contributed by atoms with van der Waals surface area (Å²) in [5.74, 6) is -0.0968. The minimum Gasteiger partial charge on any atom is -0.508 e. The predicted octanol–water partition coefficient (Wildman–Crippen LogP) is 0.942. The van der Waals surface area contributed by atoms with Crippen molar-refractivity contribution in [3.63, 3.8) is 0 Å². The van der Waals surface area contributed by atoms with Crippen LogP contribution in [0.2, 0.25) is 0 Å². The molecule has 98 valence electrons. The highest BCUT2D eigenvalue weighted by atomic mass is 16.3. The van der Waals surface area contributed by atoms with Crippen LogP contribution in [0.15, 0.2) is 18.2 Å². The van der Waals surface area contributed by atoms with Crippen LogP contribution in [0.5, 0.6) is 11.5 Å². The molecule has 3 N–H and O–H groups in total. The number of hydrogen-bond acceptors (Lipinski definition) is 4. The van der Waals surface area contributed by atoms with E-state index in [-0.39, 0.29) is 29.6 Å². The number of hydrogen-bond donors (Lipinski definition) is 3. The molecule has 0 spiro atoms. The molecule has 1 saturated heterocycles. The van der Waals surface area contributed by atoms with Crippen molar-refractivity contribution in [3.8, 4) is 11.5 Å². The highest BCUT2D eigenvalue weighted by Crippen LogP contribution is 2.25. The lowest BCUT2D eigenvalue weighted by atomic mass is 10.1. The van der Waals surface area contributed by atoms with Crippen LogP contribution in [-0.2, 0) is 0 Å². The fourth-order valence-corrected chi connectivity index (χ4v) is 2.34. The van der Waals surface area contributed by atoms with E-state index in [1.165, 1.54) is 18.2 Å². The molecule has 1 unspecified atom stereocenters. The summed E-state index contributed by atoms with van der Waals surface area (Å²) >= 11 is 0. The van der Waals surface area contributed by atoms with Gasteiger partial charge in [0.2, 0.25) is 0 Å². The summed E-state index contributed by atoms with van der Waals surface area (Å²) in [6.07, 6.45) is 1.59. The Balaban J connectivity index is 2.08. The zero-order valence-corrected chi connectivity index (χ0v) is 10.0. The van der Waals surface area contributed by atoms with Gasteiger partial charge >= 0.3 is 0 Å². The van der Waals surface area contributed by atoms with Gasteiger partial charge in [-0.3, -0.25) is 4.79 Å². The first-order valence-electron chi connectivity index (χ1n) is 6.03. The monoisotopic (exact) mass is 251 g/mol. The smallest absolute Gasteiger partial charge is 0.254 e. The zero-order chi connectivity index (χ0) is 13.1. The summed E-state index contributed by atoms with van der Waals surface area (Å²) in [5, 5.41) is 27.6. The lowest BCUT2D eigenvalue weighted by Crippen LogP contribution is -2.28. The Morgan fingerprint density at radius 2 is 1.94 bits per heavy atom. The van der Waals surface area contributed by atoms with Gasteiger partial charge in [0, 0.05) is 31.3 Å². The fraction of sp³-hybridized carbons (Fsp3) is 0.462. The van der Waals surface area contributed by atoms with Crippen LogP contribution in [0, 0.1) is 5.92 Å². The third kappa shape index (κ3) is 2.73. The Morgan fingerprint density at radius 1 is 1.28 bits per heavy atom. The number of nitrogens with zero attached hydrogens (tertiary/aromatic N) is 1. The summed E-state index contributed by atoms with van der Waals surface area (Å²) in [7, 11) is 0. The van der Waals surface area contributed by atoms with Crippen LogP contribution in [0.25, 0.3) is 0 Å². The summed E-state index contributed by atoms with van der Waals surface area (Å²) in [5.41, 5.74) is 0.289. The lowest BCUT2D eigenvalue weighted by molar-refractivity contribution is 0.0784. The van der Waals surface area contributed by atoms with E-state index in [1.807, 2.05) is 0 Å². The minimum atomic E-state index is -0.193. The Bertz CT molecular complexity index is 426. The average Bonchev–Trinajstić information content (AvgIpc) is 2.76. The number of rotatable bonds is 3. The van der Waals surface area contributed by atoms with Crippen molar-refractivity contribution in [1.82, 2.24) is 4.90 Å². The van der Waals surface area contributed by atoms with Crippen LogP contribution in [-0.4, -0.2) is 45.8 Å². The van der Waals surface area contributed by atoms with Gasteiger partial charge in [0.25, 0.3) is 5.91 Å². The predicted molar refractivity (Wildman–Crippen MR) is 65.5 cm³/mol. The molecule has 5 heteroatoms. The first-order valence-corrected chi connectivity index (χ1v) is 6.03. The fourth-order valence-electron chi connectivity index (χ4n) is 2.34. The number of phenols is 2. The second-order valence-corrected chi connectivity index (χ2v) is 4.66. The number of phenolic OH excluding ortho intramolecular Hbond substituents is 2. The quantitative estimate of drug-likeness (QED) is 0.747. The Morgan fingerprint density at radius 3 is 2.56 bits per heavy atom. The third-order valence-electron chi connectivity index (χ3n) is 3.26. The van der Waals surface area contributed by atoms with Crippen molar-refractivity contribution in [2.45, 2.75) is 12.8 Å². The maximum Gasteiger partial charge on any atom is 0.254 e. The number of amides is 1. The standard InChI is InChI=1S/C13H17NO4/c15-4-2-9-1-3-14(8-9)13(18)10-5-11(16)7-12(17)6-10/h5-7,9,15-17H,1-4,8H2. The summed E-state index contributed by atoms with van der Waals surface area (Å²) in [6, 6.07) is 3.89. The van der Waals surface area contributed by atoms with Gasteiger partial charge in [-0.05, 0) is 30.9 Å². The Hall–Kier alpha value is -1.75. The van der Waals surface area contributed by atoms with E-state index in [9.17, 15) is 15.0 Å². The summed E-state index contributed by atoms with van der Waals surface area (Å²) in [6.45, 7) is 1.41. The number of aromatic hydroxyl groups is 2. The van der Waals surface area contributed by atoms with Gasteiger partial charge in [-0.2, -0.15) is 0 Å². The van der Waals surface area contributed by atoms with Gasteiger partial charge in [-0.25, -0.2) is 0 Å².